The number of hydrogen-bond donors (Lipinski definition) is 1. The highest BCUT2D eigenvalue weighted by Gasteiger charge is 2.04. The third-order valence-corrected chi connectivity index (χ3v) is 3.06. The summed E-state index contributed by atoms with van der Waals surface area (Å²) in [6.07, 6.45) is 0. The lowest BCUT2D eigenvalue weighted by Gasteiger charge is -2.20. The van der Waals surface area contributed by atoms with E-state index in [2.05, 4.69) is 48.2 Å². The summed E-state index contributed by atoms with van der Waals surface area (Å²) in [5, 5.41) is 9.31. The van der Waals surface area contributed by atoms with Crippen molar-refractivity contribution in [3.8, 4) is 5.75 Å². The van der Waals surface area contributed by atoms with Crippen LogP contribution in [0.5, 0.6) is 5.75 Å². The molecule has 0 aliphatic heterocycles. The summed E-state index contributed by atoms with van der Waals surface area (Å²) in [7, 11) is 6.15. The molecule has 2 aromatic carbocycles. The molecule has 0 saturated heterocycles. The number of aromatic hydroxyl groups is 1. The maximum atomic E-state index is 9.31. The molecule has 0 spiro atoms. The van der Waals surface area contributed by atoms with Gasteiger partial charge >= 0.3 is 0 Å². The topological polar surface area (TPSA) is 26.7 Å². The molecule has 0 aliphatic carbocycles. The Hall–Kier alpha value is -2.00. The van der Waals surface area contributed by atoms with Crippen molar-refractivity contribution >= 4 is 11.4 Å². The van der Waals surface area contributed by atoms with Gasteiger partial charge in [0.2, 0.25) is 0 Å². The highest BCUT2D eigenvalue weighted by atomic mass is 16.3. The van der Waals surface area contributed by atoms with E-state index in [-0.39, 0.29) is 0 Å². The minimum Gasteiger partial charge on any atom is -0.508 e. The molecular weight excluding hydrogens is 236 g/mol. The van der Waals surface area contributed by atoms with Crippen molar-refractivity contribution in [2.24, 2.45) is 0 Å². The monoisotopic (exact) mass is 256 g/mol. The molecule has 2 aromatic rings. The van der Waals surface area contributed by atoms with E-state index >= 15 is 0 Å². The smallest absolute Gasteiger partial charge is 0.115 e. The third kappa shape index (κ3) is 3.48. The van der Waals surface area contributed by atoms with Gasteiger partial charge in [-0.2, -0.15) is 0 Å². The first-order chi connectivity index (χ1) is 9.06. The normalized spacial score (nSPS) is 10.7. The molecule has 0 fully saturated rings. The summed E-state index contributed by atoms with van der Waals surface area (Å²) in [5.74, 6) is 0.290. The Morgan fingerprint density at radius 1 is 0.789 bits per heavy atom. The lowest BCUT2D eigenvalue weighted by Crippen LogP contribution is -2.11. The highest BCUT2D eigenvalue weighted by Crippen LogP contribution is 2.25. The van der Waals surface area contributed by atoms with Crippen LogP contribution in [0.2, 0.25) is 0 Å². The summed E-state index contributed by atoms with van der Waals surface area (Å²) in [6.45, 7) is 0.948. The summed E-state index contributed by atoms with van der Waals surface area (Å²) >= 11 is 0. The summed E-state index contributed by atoms with van der Waals surface area (Å²) in [4.78, 5) is 4.25. The predicted molar refractivity (Wildman–Crippen MR) is 80.0 cm³/mol. The molecule has 3 nitrogen and oxygen atoms in total. The first kappa shape index (κ1) is 13.4. The van der Waals surface area contributed by atoms with Gasteiger partial charge in [-0.15, -0.1) is 0 Å². The van der Waals surface area contributed by atoms with Gasteiger partial charge in [-0.3, -0.25) is 0 Å². The van der Waals surface area contributed by atoms with Crippen LogP contribution in [0.4, 0.5) is 11.4 Å². The molecule has 0 bridgehead atoms. The molecule has 0 saturated carbocycles. The van der Waals surface area contributed by atoms with Crippen molar-refractivity contribution in [1.82, 2.24) is 4.90 Å². The molecule has 0 aromatic heterocycles. The van der Waals surface area contributed by atoms with E-state index in [9.17, 15) is 5.11 Å². The Labute approximate surface area is 114 Å². The zero-order valence-electron chi connectivity index (χ0n) is 11.7. The number of rotatable bonds is 4. The van der Waals surface area contributed by atoms with E-state index in [0.29, 0.717) is 5.75 Å². The van der Waals surface area contributed by atoms with Gasteiger partial charge in [0, 0.05) is 25.0 Å². The van der Waals surface area contributed by atoms with Gasteiger partial charge in [0.1, 0.15) is 5.75 Å². The molecule has 3 heteroatoms. The van der Waals surface area contributed by atoms with Crippen molar-refractivity contribution < 1.29 is 5.11 Å². The average molecular weight is 256 g/mol. The average Bonchev–Trinajstić information content (AvgIpc) is 2.39. The van der Waals surface area contributed by atoms with Crippen LogP contribution in [0.1, 0.15) is 5.56 Å². The van der Waals surface area contributed by atoms with Gasteiger partial charge < -0.3 is 14.9 Å². The SMILES string of the molecule is CN(C)Cc1ccc(N(C)c2ccc(O)cc2)cc1. The van der Waals surface area contributed by atoms with Crippen LogP contribution in [0.15, 0.2) is 48.5 Å². The Bertz CT molecular complexity index is 517. The largest absolute Gasteiger partial charge is 0.508 e. The predicted octanol–water partition coefficient (Wildman–Crippen LogP) is 3.22. The Balaban J connectivity index is 2.15. The maximum Gasteiger partial charge on any atom is 0.115 e. The minimum atomic E-state index is 0.290. The van der Waals surface area contributed by atoms with E-state index in [0.717, 1.165) is 17.9 Å². The van der Waals surface area contributed by atoms with Crippen molar-refractivity contribution in [2.45, 2.75) is 6.54 Å². The number of anilines is 2. The van der Waals surface area contributed by atoms with E-state index < -0.39 is 0 Å². The number of nitrogens with zero attached hydrogens (tertiary/aromatic N) is 2. The van der Waals surface area contributed by atoms with Gasteiger partial charge in [0.25, 0.3) is 0 Å². The van der Waals surface area contributed by atoms with Crippen LogP contribution in [0, 0.1) is 0 Å². The zero-order valence-corrected chi connectivity index (χ0v) is 11.7. The molecule has 0 atom stereocenters. The molecule has 0 amide bonds. The number of benzene rings is 2. The second kappa shape index (κ2) is 5.76. The zero-order chi connectivity index (χ0) is 13.8. The van der Waals surface area contributed by atoms with E-state index in [1.807, 2.05) is 19.2 Å². The molecule has 0 unspecified atom stereocenters. The van der Waals surface area contributed by atoms with Crippen molar-refractivity contribution in [2.75, 3.05) is 26.0 Å². The quantitative estimate of drug-likeness (QED) is 0.910. The van der Waals surface area contributed by atoms with Gasteiger partial charge in [0.15, 0.2) is 0 Å². The van der Waals surface area contributed by atoms with Crippen LogP contribution in [0.25, 0.3) is 0 Å². The van der Waals surface area contributed by atoms with Crippen LogP contribution in [-0.4, -0.2) is 31.1 Å². The van der Waals surface area contributed by atoms with Crippen molar-refractivity contribution in [3.05, 3.63) is 54.1 Å². The highest BCUT2D eigenvalue weighted by molar-refractivity contribution is 5.63. The Kier molecular flexibility index (Phi) is 4.07. The third-order valence-electron chi connectivity index (χ3n) is 3.06. The van der Waals surface area contributed by atoms with E-state index in [1.54, 1.807) is 12.1 Å². The molecule has 0 heterocycles. The Morgan fingerprint density at radius 2 is 1.26 bits per heavy atom. The molecule has 19 heavy (non-hydrogen) atoms. The second-order valence-electron chi connectivity index (χ2n) is 4.98. The minimum absolute atomic E-state index is 0.290. The summed E-state index contributed by atoms with van der Waals surface area (Å²) < 4.78 is 0. The van der Waals surface area contributed by atoms with Crippen molar-refractivity contribution in [3.63, 3.8) is 0 Å². The van der Waals surface area contributed by atoms with Gasteiger partial charge in [0.05, 0.1) is 0 Å². The number of hydrogen-bond acceptors (Lipinski definition) is 3. The molecule has 1 N–H and O–H groups in total. The van der Waals surface area contributed by atoms with E-state index in [4.69, 9.17) is 0 Å². The fraction of sp³-hybridized carbons (Fsp3) is 0.250. The molecule has 100 valence electrons. The number of phenolic OH excluding ortho intramolecular Hbond substituents is 1. The summed E-state index contributed by atoms with van der Waals surface area (Å²) in [5.41, 5.74) is 3.49. The molecule has 2 rings (SSSR count). The van der Waals surface area contributed by atoms with Gasteiger partial charge in [-0.1, -0.05) is 12.1 Å². The van der Waals surface area contributed by atoms with Crippen LogP contribution in [-0.2, 0) is 6.54 Å². The van der Waals surface area contributed by atoms with Crippen LogP contribution < -0.4 is 4.90 Å². The standard InChI is InChI=1S/C16H20N2O/c1-17(2)12-13-4-6-14(7-5-13)18(3)15-8-10-16(19)11-9-15/h4-11,19H,12H2,1-3H3. The van der Waals surface area contributed by atoms with Crippen LogP contribution >= 0.6 is 0 Å². The van der Waals surface area contributed by atoms with E-state index in [1.165, 1.54) is 5.56 Å². The fourth-order valence-electron chi connectivity index (χ4n) is 2.02. The van der Waals surface area contributed by atoms with Crippen LogP contribution in [0.3, 0.4) is 0 Å². The number of phenols is 1. The lowest BCUT2D eigenvalue weighted by molar-refractivity contribution is 0.402. The van der Waals surface area contributed by atoms with Crippen molar-refractivity contribution in [1.29, 1.82) is 0 Å². The fourth-order valence-corrected chi connectivity index (χ4v) is 2.02. The second-order valence-corrected chi connectivity index (χ2v) is 4.98. The first-order valence-electron chi connectivity index (χ1n) is 6.32. The molecule has 0 aliphatic rings. The first-order valence-corrected chi connectivity index (χ1v) is 6.32. The van der Waals surface area contributed by atoms with Gasteiger partial charge in [-0.05, 0) is 56.1 Å². The van der Waals surface area contributed by atoms with Gasteiger partial charge in [-0.25, -0.2) is 0 Å². The molecular formula is C16H20N2O. The Morgan fingerprint density at radius 3 is 1.74 bits per heavy atom. The molecule has 0 radical (unpaired) electrons. The maximum absolute atomic E-state index is 9.31. The summed E-state index contributed by atoms with van der Waals surface area (Å²) in [6, 6.07) is 15.7. The lowest BCUT2D eigenvalue weighted by atomic mass is 10.2.